The summed E-state index contributed by atoms with van der Waals surface area (Å²) in [6.45, 7) is 0. The van der Waals surface area contributed by atoms with E-state index in [9.17, 15) is 4.32 Å². The third kappa shape index (κ3) is 1.07. The molecule has 1 rings (SSSR count). The summed E-state index contributed by atoms with van der Waals surface area (Å²) in [5.41, 5.74) is 0. The molecule has 1 aliphatic rings. The van der Waals surface area contributed by atoms with Crippen LogP contribution in [0.2, 0.25) is 0 Å². The normalized spacial score (nSPS) is 17.0. The summed E-state index contributed by atoms with van der Waals surface area (Å²) in [6.07, 6.45) is 4.56. The van der Waals surface area contributed by atoms with E-state index in [1.807, 2.05) is 0 Å². The SMILES string of the molecule is FB1C=CC=CO1. The molecule has 0 atom stereocenters. The lowest BCUT2D eigenvalue weighted by Gasteiger charge is -1.98. The summed E-state index contributed by atoms with van der Waals surface area (Å²) in [7, 11) is -1.23. The van der Waals surface area contributed by atoms with Crippen LogP contribution in [0.5, 0.6) is 0 Å². The molecule has 0 bridgehead atoms. The van der Waals surface area contributed by atoms with E-state index < -0.39 is 7.19 Å². The molecule has 36 valence electrons. The van der Waals surface area contributed by atoms with Crippen molar-refractivity contribution in [3.63, 3.8) is 0 Å². The minimum Gasteiger partial charge on any atom is -0.536 e. The Hall–Kier alpha value is -0.725. The minimum atomic E-state index is -1.23. The molecule has 1 aliphatic heterocycles. The van der Waals surface area contributed by atoms with Crippen LogP contribution in [0.3, 0.4) is 0 Å². The Kier molecular flexibility index (Phi) is 1.15. The van der Waals surface area contributed by atoms with Crippen molar-refractivity contribution >= 4 is 7.19 Å². The van der Waals surface area contributed by atoms with E-state index >= 15 is 0 Å². The molecule has 0 saturated carbocycles. The van der Waals surface area contributed by atoms with Crippen LogP contribution in [0.1, 0.15) is 0 Å². The molecule has 0 aromatic rings. The van der Waals surface area contributed by atoms with E-state index in [2.05, 4.69) is 4.65 Å². The van der Waals surface area contributed by atoms with Crippen LogP contribution in [0, 0.1) is 0 Å². The van der Waals surface area contributed by atoms with Gasteiger partial charge in [0.25, 0.3) is 0 Å². The number of rotatable bonds is 0. The van der Waals surface area contributed by atoms with Crippen LogP contribution in [-0.4, -0.2) is 7.19 Å². The lowest BCUT2D eigenvalue weighted by atomic mass is 9.93. The molecule has 0 amide bonds. The first kappa shape index (κ1) is 4.43. The molecule has 0 saturated heterocycles. The second-order valence-electron chi connectivity index (χ2n) is 1.20. The van der Waals surface area contributed by atoms with Crippen molar-refractivity contribution in [1.82, 2.24) is 0 Å². The highest BCUT2D eigenvalue weighted by molar-refractivity contribution is 6.50. The fraction of sp³-hybridized carbons (Fsp3) is 0. The maximum absolute atomic E-state index is 11.8. The predicted octanol–water partition coefficient (Wildman–Crippen LogP) is 1.08. The van der Waals surface area contributed by atoms with Crippen molar-refractivity contribution in [3.05, 3.63) is 24.4 Å². The highest BCUT2D eigenvalue weighted by atomic mass is 19.1. The summed E-state index contributed by atoms with van der Waals surface area (Å²) in [6, 6.07) is 0. The Labute approximate surface area is 41.6 Å². The van der Waals surface area contributed by atoms with Crippen LogP contribution in [0.25, 0.3) is 0 Å². The lowest BCUT2D eigenvalue weighted by Crippen LogP contribution is -2.05. The Morgan fingerprint density at radius 2 is 2.29 bits per heavy atom. The smallest absolute Gasteiger partial charge is 0.536 e. The minimum absolute atomic E-state index is 1.23. The molecule has 7 heavy (non-hydrogen) atoms. The van der Waals surface area contributed by atoms with Gasteiger partial charge in [0.1, 0.15) is 0 Å². The molecule has 0 unspecified atom stereocenters. The number of allylic oxidation sites excluding steroid dienone is 2. The highest BCUT2D eigenvalue weighted by Gasteiger charge is 2.10. The second-order valence-corrected chi connectivity index (χ2v) is 1.20. The Morgan fingerprint density at radius 1 is 1.43 bits per heavy atom. The molecule has 0 fully saturated rings. The first-order valence-electron chi connectivity index (χ1n) is 2.02. The van der Waals surface area contributed by atoms with Crippen LogP contribution in [0.4, 0.5) is 4.32 Å². The van der Waals surface area contributed by atoms with Gasteiger partial charge in [0, 0.05) is 0 Å². The fourth-order valence-corrected chi connectivity index (χ4v) is 0.363. The Morgan fingerprint density at radius 3 is 2.57 bits per heavy atom. The summed E-state index contributed by atoms with van der Waals surface area (Å²) in [4.78, 5) is 0. The van der Waals surface area contributed by atoms with Crippen molar-refractivity contribution < 1.29 is 8.97 Å². The number of halogens is 1. The lowest BCUT2D eigenvalue weighted by molar-refractivity contribution is 0.446. The maximum Gasteiger partial charge on any atom is 0.593 e. The van der Waals surface area contributed by atoms with Crippen LogP contribution in [0.15, 0.2) is 24.4 Å². The molecule has 1 heterocycles. The Bertz CT molecular complexity index is 110. The first-order chi connectivity index (χ1) is 3.39. The molecule has 3 heteroatoms. The zero-order valence-electron chi connectivity index (χ0n) is 3.67. The van der Waals surface area contributed by atoms with Crippen molar-refractivity contribution in [2.24, 2.45) is 0 Å². The van der Waals surface area contributed by atoms with E-state index in [4.69, 9.17) is 0 Å². The summed E-state index contributed by atoms with van der Waals surface area (Å²) in [5.74, 6) is 1.33. The van der Waals surface area contributed by atoms with Gasteiger partial charge < -0.3 is 4.65 Å². The molecule has 0 N–H and O–H groups in total. The first-order valence-corrected chi connectivity index (χ1v) is 2.02. The van der Waals surface area contributed by atoms with Gasteiger partial charge in [-0.3, -0.25) is 4.32 Å². The summed E-state index contributed by atoms with van der Waals surface area (Å²) in [5, 5.41) is 0. The largest absolute Gasteiger partial charge is 0.593 e. The van der Waals surface area contributed by atoms with Crippen LogP contribution < -0.4 is 0 Å². The number of hydrogen-bond donors (Lipinski definition) is 0. The van der Waals surface area contributed by atoms with Crippen molar-refractivity contribution in [2.75, 3.05) is 0 Å². The monoisotopic (exact) mass is 98.0 g/mol. The van der Waals surface area contributed by atoms with Gasteiger partial charge in [-0.05, 0) is 12.1 Å². The van der Waals surface area contributed by atoms with Crippen LogP contribution >= 0.6 is 0 Å². The van der Waals surface area contributed by atoms with Crippen molar-refractivity contribution in [1.29, 1.82) is 0 Å². The zero-order valence-corrected chi connectivity index (χ0v) is 3.67. The highest BCUT2D eigenvalue weighted by Crippen LogP contribution is 1.96. The third-order valence-corrected chi connectivity index (χ3v) is 0.661. The van der Waals surface area contributed by atoms with E-state index in [1.54, 1.807) is 12.2 Å². The van der Waals surface area contributed by atoms with Crippen molar-refractivity contribution in [2.45, 2.75) is 0 Å². The summed E-state index contributed by atoms with van der Waals surface area (Å²) < 4.78 is 16.2. The molecule has 0 spiro atoms. The zero-order chi connectivity index (χ0) is 5.11. The molecule has 0 aromatic heterocycles. The van der Waals surface area contributed by atoms with Gasteiger partial charge in [-0.1, -0.05) is 6.08 Å². The fourth-order valence-electron chi connectivity index (χ4n) is 0.363. The molecular formula is C4H4BFO. The quantitative estimate of drug-likeness (QED) is 0.412. The summed E-state index contributed by atoms with van der Waals surface area (Å²) >= 11 is 0. The molecule has 1 nitrogen and oxygen atoms in total. The van der Waals surface area contributed by atoms with Gasteiger partial charge in [0.05, 0.1) is 6.26 Å². The number of hydrogen-bond acceptors (Lipinski definition) is 1. The van der Waals surface area contributed by atoms with Gasteiger partial charge >= 0.3 is 7.19 Å². The van der Waals surface area contributed by atoms with E-state index in [0.717, 1.165) is 0 Å². The average molecular weight is 97.9 g/mol. The third-order valence-electron chi connectivity index (χ3n) is 0.661. The second kappa shape index (κ2) is 1.82. The molecule has 0 radical (unpaired) electrons. The van der Waals surface area contributed by atoms with Gasteiger partial charge in [-0.2, -0.15) is 0 Å². The predicted molar refractivity (Wildman–Crippen MR) is 26.2 cm³/mol. The standard InChI is InChI=1S/C4H4BFO/c6-5-3-1-2-4-7-5/h1-4H. The van der Waals surface area contributed by atoms with E-state index in [0.29, 0.717) is 0 Å². The van der Waals surface area contributed by atoms with Gasteiger partial charge in [-0.15, -0.1) is 0 Å². The maximum atomic E-state index is 11.8. The molecule has 0 aromatic carbocycles. The van der Waals surface area contributed by atoms with E-state index in [-0.39, 0.29) is 0 Å². The van der Waals surface area contributed by atoms with Gasteiger partial charge in [0.2, 0.25) is 0 Å². The molecule has 0 aliphatic carbocycles. The van der Waals surface area contributed by atoms with Gasteiger partial charge in [0.15, 0.2) is 0 Å². The molecular weight excluding hydrogens is 93.9 g/mol. The average Bonchev–Trinajstić information content (AvgIpc) is 1.69. The van der Waals surface area contributed by atoms with E-state index in [1.165, 1.54) is 12.2 Å². The van der Waals surface area contributed by atoms with Crippen LogP contribution in [-0.2, 0) is 4.65 Å². The topological polar surface area (TPSA) is 9.23 Å². The van der Waals surface area contributed by atoms with Gasteiger partial charge in [-0.25, -0.2) is 0 Å². The Balaban J connectivity index is 2.49. The van der Waals surface area contributed by atoms with Crippen molar-refractivity contribution in [3.8, 4) is 0 Å².